The van der Waals surface area contributed by atoms with Gasteiger partial charge in [-0.3, -0.25) is 33.8 Å². The molecular formula is C19H32N2O12. The highest BCUT2D eigenvalue weighted by Crippen LogP contribution is 2.13. The number of carboxylic acids is 5. The Morgan fingerprint density at radius 3 is 1.30 bits per heavy atom. The number of ether oxygens (including phenoxy) is 2. The van der Waals surface area contributed by atoms with Gasteiger partial charge < -0.3 is 35.0 Å². The van der Waals surface area contributed by atoms with E-state index in [1.807, 2.05) is 0 Å². The minimum absolute atomic E-state index is 0.0620. The van der Waals surface area contributed by atoms with E-state index in [1.165, 1.54) is 4.90 Å². The number of carboxylic acid groups (broad SMARTS) is 5. The first-order chi connectivity index (χ1) is 15.5. The molecule has 0 bridgehead atoms. The molecule has 0 aromatic rings. The van der Waals surface area contributed by atoms with Crippen LogP contribution in [0.25, 0.3) is 0 Å². The van der Waals surface area contributed by atoms with Gasteiger partial charge in [0.05, 0.1) is 39.5 Å². The summed E-state index contributed by atoms with van der Waals surface area (Å²) in [6.07, 6.45) is -0.327. The summed E-state index contributed by atoms with van der Waals surface area (Å²) in [5, 5.41) is 44.2. The molecule has 0 aliphatic rings. The van der Waals surface area contributed by atoms with Crippen LogP contribution in [-0.2, 0) is 33.4 Å². The third-order valence-electron chi connectivity index (χ3n) is 4.33. The summed E-state index contributed by atoms with van der Waals surface area (Å²) in [5.41, 5.74) is 0. The number of nitrogens with zero attached hydrogens (tertiary/aromatic N) is 2. The molecule has 0 rings (SSSR count). The van der Waals surface area contributed by atoms with Crippen LogP contribution in [0.3, 0.4) is 0 Å². The van der Waals surface area contributed by atoms with Gasteiger partial charge in [-0.1, -0.05) is 0 Å². The lowest BCUT2D eigenvalue weighted by atomic mass is 9.98. The van der Waals surface area contributed by atoms with Gasteiger partial charge in [-0.25, -0.2) is 0 Å². The van der Waals surface area contributed by atoms with Crippen LogP contribution in [0.15, 0.2) is 0 Å². The summed E-state index contributed by atoms with van der Waals surface area (Å²) < 4.78 is 10.8. The molecule has 0 aromatic carbocycles. The Kier molecular flexibility index (Phi) is 16.2. The summed E-state index contributed by atoms with van der Waals surface area (Å²) in [6, 6.07) is 0. The lowest BCUT2D eigenvalue weighted by Crippen LogP contribution is -2.38. The summed E-state index contributed by atoms with van der Waals surface area (Å²) in [5.74, 6) is -6.15. The first kappa shape index (κ1) is 30.2. The quantitative estimate of drug-likeness (QED) is 0.116. The molecule has 33 heavy (non-hydrogen) atoms. The molecular weight excluding hydrogens is 448 g/mol. The molecule has 0 heterocycles. The van der Waals surface area contributed by atoms with E-state index in [0.717, 1.165) is 0 Å². The highest BCUT2D eigenvalue weighted by molar-refractivity contribution is 5.72. The van der Waals surface area contributed by atoms with Crippen LogP contribution in [-0.4, -0.2) is 131 Å². The maximum Gasteiger partial charge on any atom is 0.317 e. The van der Waals surface area contributed by atoms with Gasteiger partial charge in [-0.05, 0) is 12.3 Å². The van der Waals surface area contributed by atoms with Crippen molar-refractivity contribution in [2.75, 3.05) is 65.7 Å². The van der Waals surface area contributed by atoms with Crippen LogP contribution in [0.5, 0.6) is 0 Å². The first-order valence-corrected chi connectivity index (χ1v) is 10.2. The van der Waals surface area contributed by atoms with Gasteiger partial charge in [-0.15, -0.1) is 0 Å². The van der Waals surface area contributed by atoms with Crippen molar-refractivity contribution in [3.8, 4) is 0 Å². The highest BCUT2D eigenvalue weighted by atomic mass is 16.5. The van der Waals surface area contributed by atoms with Gasteiger partial charge >= 0.3 is 29.8 Å². The lowest BCUT2D eigenvalue weighted by Gasteiger charge is -2.21. The maximum absolute atomic E-state index is 11.0. The molecule has 0 spiro atoms. The number of hydrogen-bond acceptors (Lipinski definition) is 9. The maximum atomic E-state index is 11.0. The molecule has 0 saturated carbocycles. The van der Waals surface area contributed by atoms with Crippen molar-refractivity contribution < 1.29 is 59.0 Å². The zero-order valence-corrected chi connectivity index (χ0v) is 18.3. The summed E-state index contributed by atoms with van der Waals surface area (Å²) in [4.78, 5) is 56.8. The van der Waals surface area contributed by atoms with E-state index >= 15 is 0 Å². The predicted octanol–water partition coefficient (Wildman–Crippen LogP) is -1.17. The molecule has 0 aromatic heterocycles. The first-order valence-electron chi connectivity index (χ1n) is 10.2. The average molecular weight is 480 g/mol. The van der Waals surface area contributed by atoms with Gasteiger partial charge in [0.1, 0.15) is 0 Å². The Hall–Kier alpha value is -2.81. The molecule has 0 fully saturated rings. The zero-order valence-electron chi connectivity index (χ0n) is 18.3. The zero-order chi connectivity index (χ0) is 25.2. The molecule has 14 nitrogen and oxygen atoms in total. The van der Waals surface area contributed by atoms with Gasteiger partial charge in [-0.2, -0.15) is 0 Å². The second-order valence-electron chi connectivity index (χ2n) is 7.24. The van der Waals surface area contributed by atoms with Crippen molar-refractivity contribution in [2.45, 2.75) is 19.3 Å². The van der Waals surface area contributed by atoms with Crippen molar-refractivity contribution in [1.82, 2.24) is 9.80 Å². The Morgan fingerprint density at radius 1 is 0.545 bits per heavy atom. The van der Waals surface area contributed by atoms with E-state index in [-0.39, 0.29) is 71.9 Å². The molecule has 14 heteroatoms. The second-order valence-corrected chi connectivity index (χ2v) is 7.24. The SMILES string of the molecule is O=C(O)CC(CCOCCN(CCOCCN(CC(=O)O)CC(=O)O)CC(=O)O)CC(=O)O. The Labute approximate surface area is 190 Å². The van der Waals surface area contributed by atoms with Gasteiger partial charge in [0.25, 0.3) is 0 Å². The van der Waals surface area contributed by atoms with E-state index in [9.17, 15) is 24.0 Å². The fourth-order valence-corrected chi connectivity index (χ4v) is 2.86. The van der Waals surface area contributed by atoms with E-state index in [1.54, 1.807) is 4.90 Å². The fourth-order valence-electron chi connectivity index (χ4n) is 2.86. The van der Waals surface area contributed by atoms with Crippen molar-refractivity contribution in [3.63, 3.8) is 0 Å². The molecule has 0 aliphatic carbocycles. The molecule has 5 N–H and O–H groups in total. The minimum atomic E-state index is -1.17. The average Bonchev–Trinajstić information content (AvgIpc) is 2.64. The molecule has 0 aliphatic heterocycles. The van der Waals surface area contributed by atoms with Crippen LogP contribution in [0.4, 0.5) is 0 Å². The monoisotopic (exact) mass is 480 g/mol. The topological polar surface area (TPSA) is 211 Å². The van der Waals surface area contributed by atoms with Crippen LogP contribution in [0.2, 0.25) is 0 Å². The Bertz CT molecular complexity index is 564. The standard InChI is InChI=1S/C19H32N2O12/c22-15(23)9-14(10-16(24)25)1-5-32-6-2-20(11-17(26)27)3-7-33-8-4-21(12-18(28)29)13-19(30)31/h14H,1-13H2,(H,22,23)(H,24,25)(H,26,27)(H,28,29)(H,30,31). The third-order valence-corrected chi connectivity index (χ3v) is 4.33. The molecule has 0 atom stereocenters. The number of carbonyl (C=O) groups is 5. The van der Waals surface area contributed by atoms with Gasteiger partial charge in [0.2, 0.25) is 0 Å². The van der Waals surface area contributed by atoms with Crippen molar-refractivity contribution in [2.24, 2.45) is 5.92 Å². The van der Waals surface area contributed by atoms with Crippen LogP contribution < -0.4 is 0 Å². The highest BCUT2D eigenvalue weighted by Gasteiger charge is 2.17. The molecule has 0 amide bonds. The van der Waals surface area contributed by atoms with Gasteiger partial charge in [0, 0.05) is 39.1 Å². The summed E-state index contributed by atoms with van der Waals surface area (Å²) in [7, 11) is 0. The molecule has 0 unspecified atom stereocenters. The summed E-state index contributed by atoms with van der Waals surface area (Å²) in [6.45, 7) is -0.164. The van der Waals surface area contributed by atoms with Crippen molar-refractivity contribution >= 4 is 29.8 Å². The van der Waals surface area contributed by atoms with E-state index in [4.69, 9.17) is 35.0 Å². The lowest BCUT2D eigenvalue weighted by molar-refractivity contribution is -0.143. The number of rotatable bonds is 22. The molecule has 190 valence electrons. The van der Waals surface area contributed by atoms with E-state index in [2.05, 4.69) is 0 Å². The predicted molar refractivity (Wildman–Crippen MR) is 110 cm³/mol. The smallest absolute Gasteiger partial charge is 0.317 e. The third kappa shape index (κ3) is 19.6. The Morgan fingerprint density at radius 2 is 0.909 bits per heavy atom. The number of aliphatic carboxylic acids is 5. The normalized spacial score (nSPS) is 11.2. The largest absolute Gasteiger partial charge is 0.481 e. The van der Waals surface area contributed by atoms with Crippen LogP contribution >= 0.6 is 0 Å². The van der Waals surface area contributed by atoms with Crippen molar-refractivity contribution in [3.05, 3.63) is 0 Å². The molecule has 0 radical (unpaired) electrons. The molecule has 0 saturated heterocycles. The Balaban J connectivity index is 4.27. The van der Waals surface area contributed by atoms with Crippen molar-refractivity contribution in [1.29, 1.82) is 0 Å². The van der Waals surface area contributed by atoms with Gasteiger partial charge in [0.15, 0.2) is 0 Å². The van der Waals surface area contributed by atoms with E-state index in [0.29, 0.717) is 0 Å². The van der Waals surface area contributed by atoms with E-state index < -0.39 is 48.9 Å². The fraction of sp³-hybridized carbons (Fsp3) is 0.737. The van der Waals surface area contributed by atoms with Crippen LogP contribution in [0, 0.1) is 5.92 Å². The number of hydrogen-bond donors (Lipinski definition) is 5. The summed E-state index contributed by atoms with van der Waals surface area (Å²) >= 11 is 0. The van der Waals surface area contributed by atoms with Crippen LogP contribution in [0.1, 0.15) is 19.3 Å². The minimum Gasteiger partial charge on any atom is -0.481 e. The second kappa shape index (κ2) is 17.7.